The molecule has 1 N–H and O–H groups in total. The van der Waals surface area contributed by atoms with Crippen LogP contribution in [0.3, 0.4) is 0 Å². The van der Waals surface area contributed by atoms with Gasteiger partial charge in [0.25, 0.3) is 0 Å². The van der Waals surface area contributed by atoms with Crippen LogP contribution >= 0.6 is 0 Å². The summed E-state index contributed by atoms with van der Waals surface area (Å²) in [6, 6.07) is 0.877. The average molecular weight is 142 g/mol. The van der Waals surface area contributed by atoms with Crippen LogP contribution in [-0.2, 0) is 0 Å². The monoisotopic (exact) mass is 142 g/mol. The van der Waals surface area contributed by atoms with Gasteiger partial charge in [0.2, 0.25) is 0 Å². The van der Waals surface area contributed by atoms with Gasteiger partial charge in [0.1, 0.15) is 0 Å². The fourth-order valence-corrected chi connectivity index (χ4v) is 0.989. The van der Waals surface area contributed by atoms with Crippen molar-refractivity contribution in [3.63, 3.8) is 0 Å². The van der Waals surface area contributed by atoms with Crippen LogP contribution < -0.4 is 5.32 Å². The van der Waals surface area contributed by atoms with Crippen LogP contribution in [-0.4, -0.2) is 38.1 Å². The standard InChI is InChI=1S/C8H18N2/c1-10(2)7-3-6-9-8-4-5-8/h8-9H,3-7H2,1-2H3. The quantitative estimate of drug-likeness (QED) is 0.568. The Labute approximate surface area is 63.6 Å². The average Bonchev–Trinajstić information content (AvgIpc) is 2.62. The van der Waals surface area contributed by atoms with E-state index in [-0.39, 0.29) is 0 Å². The van der Waals surface area contributed by atoms with Crippen LogP contribution in [0.4, 0.5) is 0 Å². The van der Waals surface area contributed by atoms with Gasteiger partial charge in [-0.3, -0.25) is 0 Å². The zero-order chi connectivity index (χ0) is 7.40. The molecule has 0 aromatic heterocycles. The van der Waals surface area contributed by atoms with E-state index >= 15 is 0 Å². The van der Waals surface area contributed by atoms with Crippen molar-refractivity contribution in [2.75, 3.05) is 27.2 Å². The van der Waals surface area contributed by atoms with Crippen LogP contribution in [0.2, 0.25) is 0 Å². The maximum atomic E-state index is 3.49. The lowest BCUT2D eigenvalue weighted by Crippen LogP contribution is -2.22. The number of rotatable bonds is 5. The van der Waals surface area contributed by atoms with Crippen LogP contribution in [0.15, 0.2) is 0 Å². The van der Waals surface area contributed by atoms with E-state index in [9.17, 15) is 0 Å². The van der Waals surface area contributed by atoms with E-state index in [1.807, 2.05) is 0 Å². The fraction of sp³-hybridized carbons (Fsp3) is 1.00. The molecule has 0 unspecified atom stereocenters. The van der Waals surface area contributed by atoms with Crippen molar-refractivity contribution >= 4 is 0 Å². The third kappa shape index (κ3) is 3.85. The maximum Gasteiger partial charge on any atom is 0.00682 e. The summed E-state index contributed by atoms with van der Waals surface area (Å²) in [5.41, 5.74) is 0. The molecule has 0 aromatic carbocycles. The molecule has 10 heavy (non-hydrogen) atoms. The largest absolute Gasteiger partial charge is 0.314 e. The fourth-order valence-electron chi connectivity index (χ4n) is 0.989. The predicted molar refractivity (Wildman–Crippen MR) is 44.2 cm³/mol. The Morgan fingerprint density at radius 1 is 1.40 bits per heavy atom. The van der Waals surface area contributed by atoms with Crippen molar-refractivity contribution < 1.29 is 0 Å². The van der Waals surface area contributed by atoms with E-state index in [4.69, 9.17) is 0 Å². The lowest BCUT2D eigenvalue weighted by Gasteiger charge is -2.08. The maximum absolute atomic E-state index is 3.49. The summed E-state index contributed by atoms with van der Waals surface area (Å²) in [5, 5.41) is 3.49. The topological polar surface area (TPSA) is 15.3 Å². The van der Waals surface area contributed by atoms with E-state index in [2.05, 4.69) is 24.3 Å². The smallest absolute Gasteiger partial charge is 0.00682 e. The first-order valence-electron chi connectivity index (χ1n) is 4.17. The molecule has 0 bridgehead atoms. The number of hydrogen-bond donors (Lipinski definition) is 1. The second-order valence-corrected chi connectivity index (χ2v) is 3.39. The molecule has 0 heterocycles. The van der Waals surface area contributed by atoms with Gasteiger partial charge in [-0.05, 0) is 46.4 Å². The molecule has 1 aliphatic carbocycles. The van der Waals surface area contributed by atoms with Crippen molar-refractivity contribution in [3.05, 3.63) is 0 Å². The molecule has 0 aromatic rings. The first-order valence-corrected chi connectivity index (χ1v) is 4.17. The molecule has 1 rings (SSSR count). The van der Waals surface area contributed by atoms with Gasteiger partial charge < -0.3 is 10.2 Å². The summed E-state index contributed by atoms with van der Waals surface area (Å²) in [7, 11) is 4.24. The number of hydrogen-bond acceptors (Lipinski definition) is 2. The van der Waals surface area contributed by atoms with Gasteiger partial charge >= 0.3 is 0 Å². The first-order chi connectivity index (χ1) is 4.79. The van der Waals surface area contributed by atoms with Gasteiger partial charge in [0.15, 0.2) is 0 Å². The second-order valence-electron chi connectivity index (χ2n) is 3.39. The zero-order valence-electron chi connectivity index (χ0n) is 7.06. The Bertz CT molecular complexity index is 83.3. The van der Waals surface area contributed by atoms with Gasteiger partial charge in [-0.1, -0.05) is 0 Å². The summed E-state index contributed by atoms with van der Waals surface area (Å²) in [6.45, 7) is 2.41. The van der Waals surface area contributed by atoms with E-state index in [0.717, 1.165) is 6.04 Å². The van der Waals surface area contributed by atoms with Crippen molar-refractivity contribution in [2.45, 2.75) is 25.3 Å². The summed E-state index contributed by atoms with van der Waals surface area (Å²) < 4.78 is 0. The molecule has 1 saturated carbocycles. The third-order valence-electron chi connectivity index (χ3n) is 1.79. The number of nitrogens with zero attached hydrogens (tertiary/aromatic N) is 1. The molecule has 0 spiro atoms. The van der Waals surface area contributed by atoms with Crippen molar-refractivity contribution in [1.82, 2.24) is 10.2 Å². The number of nitrogens with one attached hydrogen (secondary N) is 1. The summed E-state index contributed by atoms with van der Waals surface area (Å²) in [4.78, 5) is 2.23. The molecular formula is C8H18N2. The Kier molecular flexibility index (Phi) is 3.16. The minimum Gasteiger partial charge on any atom is -0.314 e. The molecule has 2 heteroatoms. The van der Waals surface area contributed by atoms with E-state index in [1.165, 1.54) is 32.4 Å². The van der Waals surface area contributed by atoms with E-state index in [0.29, 0.717) is 0 Å². The molecule has 0 radical (unpaired) electrons. The molecule has 0 amide bonds. The minimum atomic E-state index is 0.877. The SMILES string of the molecule is CN(C)CCCNC1CC1. The Morgan fingerprint density at radius 3 is 2.60 bits per heavy atom. The van der Waals surface area contributed by atoms with E-state index in [1.54, 1.807) is 0 Å². The molecule has 1 aliphatic rings. The molecule has 1 fully saturated rings. The van der Waals surface area contributed by atoms with E-state index < -0.39 is 0 Å². The van der Waals surface area contributed by atoms with Crippen molar-refractivity contribution in [1.29, 1.82) is 0 Å². The summed E-state index contributed by atoms with van der Waals surface area (Å²) in [5.74, 6) is 0. The van der Waals surface area contributed by atoms with Gasteiger partial charge in [-0.25, -0.2) is 0 Å². The lowest BCUT2D eigenvalue weighted by atomic mass is 10.4. The van der Waals surface area contributed by atoms with Crippen molar-refractivity contribution in [2.24, 2.45) is 0 Å². The Morgan fingerprint density at radius 2 is 2.10 bits per heavy atom. The zero-order valence-corrected chi connectivity index (χ0v) is 7.06. The van der Waals surface area contributed by atoms with Gasteiger partial charge in [0, 0.05) is 6.04 Å². The van der Waals surface area contributed by atoms with Gasteiger partial charge in [-0.2, -0.15) is 0 Å². The second kappa shape index (κ2) is 3.94. The summed E-state index contributed by atoms with van der Waals surface area (Å²) in [6.07, 6.45) is 4.09. The lowest BCUT2D eigenvalue weighted by molar-refractivity contribution is 0.394. The van der Waals surface area contributed by atoms with Gasteiger partial charge in [0.05, 0.1) is 0 Å². The molecule has 2 nitrogen and oxygen atoms in total. The van der Waals surface area contributed by atoms with Crippen molar-refractivity contribution in [3.8, 4) is 0 Å². The molecular weight excluding hydrogens is 124 g/mol. The normalized spacial score (nSPS) is 18.3. The van der Waals surface area contributed by atoms with Crippen LogP contribution in [0.25, 0.3) is 0 Å². The molecule has 0 atom stereocenters. The minimum absolute atomic E-state index is 0.877. The predicted octanol–water partition coefficient (Wildman–Crippen LogP) is 0.690. The molecule has 60 valence electrons. The Balaban J connectivity index is 1.76. The Hall–Kier alpha value is -0.0800. The van der Waals surface area contributed by atoms with Gasteiger partial charge in [-0.15, -0.1) is 0 Å². The van der Waals surface area contributed by atoms with Crippen LogP contribution in [0.5, 0.6) is 0 Å². The summed E-state index contributed by atoms with van der Waals surface area (Å²) >= 11 is 0. The van der Waals surface area contributed by atoms with Crippen LogP contribution in [0.1, 0.15) is 19.3 Å². The first kappa shape index (κ1) is 8.02. The molecule has 0 saturated heterocycles. The highest BCUT2D eigenvalue weighted by atomic mass is 15.1. The van der Waals surface area contributed by atoms with Crippen LogP contribution in [0, 0.1) is 0 Å². The molecule has 0 aliphatic heterocycles. The highest BCUT2D eigenvalue weighted by Crippen LogP contribution is 2.18. The third-order valence-corrected chi connectivity index (χ3v) is 1.79. The highest BCUT2D eigenvalue weighted by molar-refractivity contribution is 4.80. The highest BCUT2D eigenvalue weighted by Gasteiger charge is 2.19.